The maximum Gasteiger partial charge on any atom is 0.469 e. The Kier molecular flexibility index (Phi) is 26.4. The zero-order valence-corrected chi connectivity index (χ0v) is 44.8. The number of benzene rings is 1. The zero-order chi connectivity index (χ0) is 54.5. The van der Waals surface area contributed by atoms with Gasteiger partial charge in [0, 0.05) is 45.0 Å². The number of nitrogens with zero attached hydrogens (tertiary/aromatic N) is 2. The number of ether oxygens (including phenoxy) is 3. The minimum Gasteiger partial charge on any atom is -0.456 e. The predicted molar refractivity (Wildman–Crippen MR) is 267 cm³/mol. The van der Waals surface area contributed by atoms with Gasteiger partial charge >= 0.3 is 25.9 Å². The Hall–Kier alpha value is -5.63. The molecule has 1 aliphatic rings. The lowest BCUT2D eigenvalue weighted by molar-refractivity contribution is -0.155. The molecule has 0 aromatic heterocycles. The van der Waals surface area contributed by atoms with Crippen molar-refractivity contribution in [2.45, 2.75) is 157 Å². The van der Waals surface area contributed by atoms with Crippen molar-refractivity contribution in [3.05, 3.63) is 59.2 Å². The number of phosphoric ester groups is 1. The normalized spacial score (nSPS) is 25.8. The minimum atomic E-state index is -4.61. The van der Waals surface area contributed by atoms with Gasteiger partial charge in [-0.15, -0.1) is 0 Å². The molecule has 0 saturated heterocycles. The summed E-state index contributed by atoms with van der Waals surface area (Å²) in [5.41, 5.74) is 1.31. The monoisotopic (exact) mass is 1030 g/mol. The zero-order valence-electron chi connectivity index (χ0n) is 43.9. The van der Waals surface area contributed by atoms with Crippen molar-refractivity contribution >= 4 is 55.4 Å². The molecule has 6 N–H and O–H groups in total. The molecule has 1 aliphatic heterocycles. The quantitative estimate of drug-likeness (QED) is 0.0471. The van der Waals surface area contributed by atoms with Crippen molar-refractivity contribution in [2.24, 2.45) is 17.8 Å². The molecule has 0 unspecified atom stereocenters. The van der Waals surface area contributed by atoms with Gasteiger partial charge in [0.05, 0.1) is 13.2 Å². The van der Waals surface area contributed by atoms with E-state index in [0.717, 1.165) is 4.90 Å². The van der Waals surface area contributed by atoms with Crippen molar-refractivity contribution < 1.29 is 71.4 Å². The Balaban J connectivity index is 2.65. The summed E-state index contributed by atoms with van der Waals surface area (Å²) in [5.74, 6) is -6.49. The number of cyclic esters (lactones) is 2. The van der Waals surface area contributed by atoms with Gasteiger partial charge in [-0.25, -0.2) is 18.9 Å². The van der Waals surface area contributed by atoms with Gasteiger partial charge in [-0.1, -0.05) is 83.5 Å². The molecule has 1 heterocycles. The lowest BCUT2D eigenvalue weighted by atomic mass is 9.90. The second-order valence-corrected chi connectivity index (χ2v) is 20.1. The number of alkyl carbamates (subject to hydrolysis) is 1. The molecule has 1 aromatic carbocycles. The Morgan fingerprint density at radius 3 is 2.15 bits per heavy atom. The van der Waals surface area contributed by atoms with E-state index in [0.29, 0.717) is 36.8 Å². The highest BCUT2D eigenvalue weighted by atomic mass is 31.2. The molecule has 22 heteroatoms. The Bertz CT molecular complexity index is 2110. The largest absolute Gasteiger partial charge is 0.469 e. The Morgan fingerprint density at radius 2 is 1.56 bits per heavy atom. The molecule has 0 aliphatic carbocycles. The summed E-state index contributed by atoms with van der Waals surface area (Å²) in [7, 11) is -1.81. The maximum absolute atomic E-state index is 14.3. The number of carbonyl (C=O) groups is 8. The van der Waals surface area contributed by atoms with E-state index < -0.39 is 116 Å². The standard InChI is InChI=1S/C50H79N6O15P/c1-13-31(5)42-45(59)53-36(10)49(63)71-43(32(6)14-2)34(8)39(70-50(64)51-25-19-16-20-26-68-72(65,66)67)24-23-33(7)48(62)69-40(27-30(3)4)44(58)52-35(9)46(60)56(12)38(28-37-21-17-15-18-22-37)47(61)55(11)29-41(57)54-42/h14-15,17-18,21-23,30-31,34-36,38-40,42-43H,13,16,19-20,24-29H2,1-12H3,(H,51,64)(H,52,58)(H,53,59)(H,54,57)(H2,65,66,67)/b32-14+,33-23+/t31-,34+,35+,36-,38-,39+,40-,42+,43-/m1/s1. The smallest absolute Gasteiger partial charge is 0.456 e. The van der Waals surface area contributed by atoms with Crippen LogP contribution in [0.1, 0.15) is 113 Å². The molecule has 72 heavy (non-hydrogen) atoms. The topological polar surface area (TPSA) is 286 Å². The summed E-state index contributed by atoms with van der Waals surface area (Å²) in [6.45, 7) is 16.1. The highest BCUT2D eigenvalue weighted by Gasteiger charge is 2.37. The fourth-order valence-corrected chi connectivity index (χ4v) is 8.02. The first-order valence-electron chi connectivity index (χ1n) is 24.5. The van der Waals surface area contributed by atoms with Crippen LogP contribution in [0.4, 0.5) is 4.79 Å². The number of esters is 2. The van der Waals surface area contributed by atoms with Gasteiger partial charge in [0.25, 0.3) is 5.91 Å². The second-order valence-electron chi connectivity index (χ2n) is 18.9. The number of rotatable bonds is 15. The number of nitrogens with one attached hydrogen (secondary N) is 4. The molecule has 0 spiro atoms. The van der Waals surface area contributed by atoms with Crippen LogP contribution in [0.15, 0.2) is 53.6 Å². The highest BCUT2D eigenvalue weighted by Crippen LogP contribution is 2.35. The van der Waals surface area contributed by atoms with E-state index in [2.05, 4.69) is 25.8 Å². The van der Waals surface area contributed by atoms with Crippen molar-refractivity contribution in [1.29, 1.82) is 0 Å². The molecule has 21 nitrogen and oxygen atoms in total. The number of allylic oxidation sites excluding steroid dienone is 1. The number of hydrogen-bond donors (Lipinski definition) is 6. The number of likely N-dealkylation sites (N-methyl/N-ethyl adjacent to an activating group) is 2. The van der Waals surface area contributed by atoms with Crippen LogP contribution in [0, 0.1) is 17.8 Å². The van der Waals surface area contributed by atoms with Gasteiger partial charge in [0.1, 0.15) is 36.4 Å². The Morgan fingerprint density at radius 1 is 0.917 bits per heavy atom. The fraction of sp³-hybridized carbons (Fsp3) is 0.640. The lowest BCUT2D eigenvalue weighted by Gasteiger charge is -2.33. The average molecular weight is 1040 g/mol. The van der Waals surface area contributed by atoms with Crippen LogP contribution in [-0.4, -0.2) is 143 Å². The van der Waals surface area contributed by atoms with Crippen LogP contribution < -0.4 is 21.3 Å². The average Bonchev–Trinajstić information content (AvgIpc) is 3.32. The van der Waals surface area contributed by atoms with Gasteiger partial charge < -0.3 is 55.1 Å². The van der Waals surface area contributed by atoms with Crippen LogP contribution in [-0.2, 0) is 63.3 Å². The number of phosphoric acid groups is 1. The molecule has 0 radical (unpaired) electrons. The summed E-state index contributed by atoms with van der Waals surface area (Å²) in [6.07, 6.45) is 0.491. The first kappa shape index (κ1) is 62.5. The number of carbonyl (C=O) groups excluding carboxylic acids is 8. The van der Waals surface area contributed by atoms with Crippen molar-refractivity contribution in [3.63, 3.8) is 0 Å². The van der Waals surface area contributed by atoms with E-state index in [1.807, 2.05) is 20.8 Å². The summed E-state index contributed by atoms with van der Waals surface area (Å²) in [6, 6.07) is 4.16. The molecule has 1 aromatic rings. The third kappa shape index (κ3) is 21.2. The summed E-state index contributed by atoms with van der Waals surface area (Å²) in [5, 5.41) is 10.7. The van der Waals surface area contributed by atoms with Gasteiger partial charge in [0.15, 0.2) is 6.10 Å². The first-order valence-corrected chi connectivity index (χ1v) is 26.0. The Labute approximate surface area is 424 Å². The van der Waals surface area contributed by atoms with E-state index in [1.165, 1.54) is 45.8 Å². The first-order chi connectivity index (χ1) is 33.7. The molecule has 2 rings (SSSR count). The number of unbranched alkanes of at least 4 members (excludes halogenated alkanes) is 2. The van der Waals surface area contributed by atoms with E-state index in [4.69, 9.17) is 24.0 Å². The molecule has 0 fully saturated rings. The van der Waals surface area contributed by atoms with Crippen LogP contribution in [0.25, 0.3) is 0 Å². The summed E-state index contributed by atoms with van der Waals surface area (Å²) >= 11 is 0. The van der Waals surface area contributed by atoms with Gasteiger partial charge in [-0.2, -0.15) is 0 Å². The van der Waals surface area contributed by atoms with Crippen LogP contribution in [0.5, 0.6) is 0 Å². The van der Waals surface area contributed by atoms with Crippen LogP contribution in [0.2, 0.25) is 0 Å². The van der Waals surface area contributed by atoms with Crippen LogP contribution in [0.3, 0.4) is 0 Å². The molecule has 0 saturated carbocycles. The van der Waals surface area contributed by atoms with E-state index in [1.54, 1.807) is 64.1 Å². The van der Waals surface area contributed by atoms with Gasteiger partial charge in [0.2, 0.25) is 23.6 Å². The highest BCUT2D eigenvalue weighted by molar-refractivity contribution is 7.46. The molecule has 0 bridgehead atoms. The molecule has 9 atom stereocenters. The van der Waals surface area contributed by atoms with E-state index in [-0.39, 0.29) is 43.9 Å². The third-order valence-electron chi connectivity index (χ3n) is 12.4. The molecular formula is C50H79N6O15P. The second kappa shape index (κ2) is 30.4. The summed E-state index contributed by atoms with van der Waals surface area (Å²) in [4.78, 5) is 131. The maximum atomic E-state index is 14.3. The number of hydrogen-bond acceptors (Lipinski definition) is 13. The van der Waals surface area contributed by atoms with E-state index >= 15 is 0 Å². The third-order valence-corrected chi connectivity index (χ3v) is 12.9. The fourth-order valence-electron chi connectivity index (χ4n) is 7.65. The number of amides is 6. The van der Waals surface area contributed by atoms with Crippen molar-refractivity contribution in [1.82, 2.24) is 31.1 Å². The van der Waals surface area contributed by atoms with Gasteiger partial charge in [-0.05, 0) is 83.3 Å². The molecular weight excluding hydrogens is 956 g/mol. The van der Waals surface area contributed by atoms with Crippen molar-refractivity contribution in [2.75, 3.05) is 33.8 Å². The van der Waals surface area contributed by atoms with Crippen molar-refractivity contribution in [3.8, 4) is 0 Å². The molecule has 404 valence electrons. The molecule has 6 amide bonds. The van der Waals surface area contributed by atoms with Gasteiger partial charge in [-0.3, -0.25) is 28.5 Å². The SMILES string of the molecule is C/C=C(\C)[C@H]1OC(=O)[C@@H](C)NC(=O)[C@H]([C@H](C)CC)NC(=O)CN(C)C(=O)[C@@H](Cc2ccccc2)N(C)C(=O)[C@H](C)NC(=O)[C@@H](CC(C)C)OC(=O)/C(C)=C/C[C@H](OC(=O)NCCCCCOP(=O)(O)O)[C@@H]1C. The van der Waals surface area contributed by atoms with E-state index in [9.17, 15) is 42.9 Å². The predicted octanol–water partition coefficient (Wildman–Crippen LogP) is 4.25. The lowest BCUT2D eigenvalue weighted by Crippen LogP contribution is -2.57. The minimum absolute atomic E-state index is 0.0440. The van der Waals surface area contributed by atoms with Crippen LogP contribution >= 0.6 is 7.82 Å². The summed E-state index contributed by atoms with van der Waals surface area (Å²) < 4.78 is 33.2.